The van der Waals surface area contributed by atoms with E-state index in [0.29, 0.717) is 11.3 Å². The standard InChI is InChI=1S/C13H15N3O3/c14-7-1-2-8-9(4-15-10(8)3-7)13(19)16-5-11(17)12(18)6-16/h1-4,11-12,15,17-18H,5-6,14H2/t11-,12+. The number of anilines is 1. The molecule has 2 atom stereocenters. The number of fused-ring (bicyclic) bond motifs is 1. The molecule has 1 fully saturated rings. The van der Waals surface area contributed by atoms with Crippen LogP contribution >= 0.6 is 0 Å². The first-order valence-electron chi connectivity index (χ1n) is 6.08. The number of hydrogen-bond donors (Lipinski definition) is 4. The molecule has 0 saturated carbocycles. The van der Waals surface area contributed by atoms with Crippen LogP contribution in [0.2, 0.25) is 0 Å². The number of rotatable bonds is 1. The Bertz CT molecular complexity index is 627. The number of aromatic nitrogens is 1. The van der Waals surface area contributed by atoms with Gasteiger partial charge in [-0.05, 0) is 18.2 Å². The number of likely N-dealkylation sites (tertiary alicyclic amines) is 1. The smallest absolute Gasteiger partial charge is 0.256 e. The number of carbonyl (C=O) groups is 1. The number of aliphatic hydroxyl groups is 2. The van der Waals surface area contributed by atoms with Gasteiger partial charge in [0.25, 0.3) is 5.91 Å². The quantitative estimate of drug-likeness (QED) is 0.539. The number of nitrogens with zero attached hydrogens (tertiary/aromatic N) is 1. The summed E-state index contributed by atoms with van der Waals surface area (Å²) in [5.74, 6) is -0.202. The Hall–Kier alpha value is -2.05. The maximum absolute atomic E-state index is 12.4. The van der Waals surface area contributed by atoms with Gasteiger partial charge in [0.1, 0.15) is 0 Å². The monoisotopic (exact) mass is 261 g/mol. The molecule has 6 nitrogen and oxygen atoms in total. The molecule has 0 spiro atoms. The minimum Gasteiger partial charge on any atom is -0.399 e. The Morgan fingerprint density at radius 2 is 2.00 bits per heavy atom. The van der Waals surface area contributed by atoms with Gasteiger partial charge in [0.2, 0.25) is 0 Å². The molecule has 0 radical (unpaired) electrons. The van der Waals surface area contributed by atoms with E-state index in [1.165, 1.54) is 4.90 Å². The second kappa shape index (κ2) is 4.25. The Labute approximate surface area is 109 Å². The average Bonchev–Trinajstić information content (AvgIpc) is 2.93. The lowest BCUT2D eigenvalue weighted by Gasteiger charge is -2.14. The Morgan fingerprint density at radius 1 is 1.32 bits per heavy atom. The van der Waals surface area contributed by atoms with Crippen LogP contribution in [0.1, 0.15) is 10.4 Å². The fourth-order valence-corrected chi connectivity index (χ4v) is 2.43. The van der Waals surface area contributed by atoms with Crippen molar-refractivity contribution in [2.24, 2.45) is 0 Å². The number of hydrogen-bond acceptors (Lipinski definition) is 4. The zero-order chi connectivity index (χ0) is 13.6. The zero-order valence-corrected chi connectivity index (χ0v) is 10.2. The summed E-state index contributed by atoms with van der Waals surface area (Å²) in [4.78, 5) is 16.8. The van der Waals surface area contributed by atoms with Crippen LogP contribution in [0.3, 0.4) is 0 Å². The van der Waals surface area contributed by atoms with E-state index in [1.54, 1.807) is 24.4 Å². The van der Waals surface area contributed by atoms with Gasteiger partial charge in [-0.25, -0.2) is 0 Å². The lowest BCUT2D eigenvalue weighted by atomic mass is 10.1. The lowest BCUT2D eigenvalue weighted by molar-refractivity contribution is 0.0572. The van der Waals surface area contributed by atoms with E-state index in [-0.39, 0.29) is 19.0 Å². The van der Waals surface area contributed by atoms with Gasteiger partial charge < -0.3 is 25.8 Å². The SMILES string of the molecule is Nc1ccc2c(C(=O)N3C[C@@H](O)[C@@H](O)C3)c[nH]c2c1. The highest BCUT2D eigenvalue weighted by molar-refractivity contribution is 6.07. The van der Waals surface area contributed by atoms with E-state index >= 15 is 0 Å². The van der Waals surface area contributed by atoms with Crippen LogP contribution in [-0.2, 0) is 0 Å². The molecule has 100 valence electrons. The first-order chi connectivity index (χ1) is 9.06. The number of aliphatic hydroxyl groups excluding tert-OH is 2. The molecular weight excluding hydrogens is 246 g/mol. The van der Waals surface area contributed by atoms with Crippen molar-refractivity contribution in [3.8, 4) is 0 Å². The molecule has 6 heteroatoms. The third-order valence-electron chi connectivity index (χ3n) is 3.48. The Balaban J connectivity index is 1.94. The first-order valence-corrected chi connectivity index (χ1v) is 6.08. The van der Waals surface area contributed by atoms with Crippen LogP contribution in [0, 0.1) is 0 Å². The van der Waals surface area contributed by atoms with Crippen molar-refractivity contribution in [1.29, 1.82) is 0 Å². The number of H-pyrrole nitrogens is 1. The summed E-state index contributed by atoms with van der Waals surface area (Å²) in [6, 6.07) is 5.29. The zero-order valence-electron chi connectivity index (χ0n) is 10.2. The fourth-order valence-electron chi connectivity index (χ4n) is 2.43. The van der Waals surface area contributed by atoms with Crippen molar-refractivity contribution in [2.75, 3.05) is 18.8 Å². The fraction of sp³-hybridized carbons (Fsp3) is 0.308. The summed E-state index contributed by atoms with van der Waals surface area (Å²) in [5, 5.41) is 19.8. The highest BCUT2D eigenvalue weighted by Crippen LogP contribution is 2.23. The Morgan fingerprint density at radius 3 is 2.68 bits per heavy atom. The lowest BCUT2D eigenvalue weighted by Crippen LogP contribution is -2.29. The molecule has 0 aliphatic carbocycles. The van der Waals surface area contributed by atoms with Gasteiger partial charge in [-0.3, -0.25) is 4.79 Å². The number of aromatic amines is 1. The molecule has 19 heavy (non-hydrogen) atoms. The normalized spacial score (nSPS) is 23.2. The molecular formula is C13H15N3O3. The molecule has 1 aromatic heterocycles. The summed E-state index contributed by atoms with van der Waals surface area (Å²) in [5.41, 5.74) is 7.63. The predicted molar refractivity (Wildman–Crippen MR) is 70.6 cm³/mol. The van der Waals surface area contributed by atoms with Gasteiger partial charge >= 0.3 is 0 Å². The molecule has 5 N–H and O–H groups in total. The molecule has 1 aliphatic heterocycles. The van der Waals surface area contributed by atoms with Crippen LogP contribution in [0.25, 0.3) is 10.9 Å². The van der Waals surface area contributed by atoms with Gasteiger partial charge in [-0.2, -0.15) is 0 Å². The van der Waals surface area contributed by atoms with E-state index in [4.69, 9.17) is 5.73 Å². The topological polar surface area (TPSA) is 103 Å². The molecule has 1 aliphatic rings. The van der Waals surface area contributed by atoms with Crippen LogP contribution in [0.15, 0.2) is 24.4 Å². The van der Waals surface area contributed by atoms with Crippen LogP contribution < -0.4 is 5.73 Å². The number of amides is 1. The molecule has 1 saturated heterocycles. The molecule has 0 unspecified atom stereocenters. The minimum atomic E-state index is -0.871. The third kappa shape index (κ3) is 1.94. The number of benzene rings is 1. The summed E-state index contributed by atoms with van der Waals surface area (Å²) in [7, 11) is 0. The van der Waals surface area contributed by atoms with E-state index in [2.05, 4.69) is 4.98 Å². The largest absolute Gasteiger partial charge is 0.399 e. The second-order valence-corrected chi connectivity index (χ2v) is 4.85. The molecule has 1 aromatic carbocycles. The third-order valence-corrected chi connectivity index (χ3v) is 3.48. The summed E-state index contributed by atoms with van der Waals surface area (Å²) < 4.78 is 0. The molecule has 2 aromatic rings. The molecule has 0 bridgehead atoms. The highest BCUT2D eigenvalue weighted by Gasteiger charge is 2.33. The molecule has 3 rings (SSSR count). The average molecular weight is 261 g/mol. The first kappa shape index (κ1) is 12.0. The van der Waals surface area contributed by atoms with Crippen molar-refractivity contribution < 1.29 is 15.0 Å². The highest BCUT2D eigenvalue weighted by atomic mass is 16.3. The van der Waals surface area contributed by atoms with Crippen molar-refractivity contribution in [3.63, 3.8) is 0 Å². The van der Waals surface area contributed by atoms with Crippen LogP contribution in [0.4, 0.5) is 5.69 Å². The number of β-amino-alcohol motifs (C(OH)–C–C–N with tert-alkyl or cyclic N) is 2. The van der Waals surface area contributed by atoms with E-state index in [0.717, 1.165) is 10.9 Å². The van der Waals surface area contributed by atoms with E-state index in [1.807, 2.05) is 0 Å². The van der Waals surface area contributed by atoms with Crippen LogP contribution in [-0.4, -0.2) is 51.3 Å². The molecule has 1 amide bonds. The summed E-state index contributed by atoms with van der Waals surface area (Å²) >= 11 is 0. The van der Waals surface area contributed by atoms with Gasteiger partial charge in [0, 0.05) is 35.9 Å². The maximum atomic E-state index is 12.4. The Kier molecular flexibility index (Phi) is 2.69. The summed E-state index contributed by atoms with van der Waals surface area (Å²) in [6.45, 7) is 0.309. The predicted octanol–water partition coefficient (Wildman–Crippen LogP) is -0.0723. The van der Waals surface area contributed by atoms with Crippen molar-refractivity contribution >= 4 is 22.5 Å². The summed E-state index contributed by atoms with van der Waals surface area (Å²) in [6.07, 6.45) is -0.113. The maximum Gasteiger partial charge on any atom is 0.256 e. The number of nitrogens with one attached hydrogen (secondary N) is 1. The van der Waals surface area contributed by atoms with Gasteiger partial charge in [0.15, 0.2) is 0 Å². The van der Waals surface area contributed by atoms with Crippen molar-refractivity contribution in [1.82, 2.24) is 9.88 Å². The molecule has 2 heterocycles. The minimum absolute atomic E-state index is 0.154. The number of nitrogen functional groups attached to an aromatic ring is 1. The van der Waals surface area contributed by atoms with Gasteiger partial charge in [-0.1, -0.05) is 0 Å². The number of nitrogens with two attached hydrogens (primary N) is 1. The van der Waals surface area contributed by atoms with E-state index in [9.17, 15) is 15.0 Å². The number of carbonyl (C=O) groups excluding carboxylic acids is 1. The van der Waals surface area contributed by atoms with Crippen molar-refractivity contribution in [3.05, 3.63) is 30.0 Å². The second-order valence-electron chi connectivity index (χ2n) is 4.85. The van der Waals surface area contributed by atoms with E-state index < -0.39 is 12.2 Å². The van der Waals surface area contributed by atoms with Gasteiger partial charge in [-0.15, -0.1) is 0 Å². The van der Waals surface area contributed by atoms with Crippen molar-refractivity contribution in [2.45, 2.75) is 12.2 Å². The van der Waals surface area contributed by atoms with Gasteiger partial charge in [0.05, 0.1) is 17.8 Å². The van der Waals surface area contributed by atoms with Crippen LogP contribution in [0.5, 0.6) is 0 Å².